The summed E-state index contributed by atoms with van der Waals surface area (Å²) in [5, 5.41) is 0.897. The Balaban J connectivity index is 2.74. The summed E-state index contributed by atoms with van der Waals surface area (Å²) in [7, 11) is 2.01. The number of nitrogens with zero attached hydrogens (tertiary/aromatic N) is 1. The topological polar surface area (TPSA) is 3.01 Å². The number of hydrogen-bond donors (Lipinski definition) is 0. The molecule has 1 aromatic carbocycles. The van der Waals surface area contributed by atoms with E-state index in [4.69, 9.17) is 11.6 Å². The summed E-state index contributed by atoms with van der Waals surface area (Å²) in [5.41, 5.74) is 2.49. The lowest BCUT2D eigenvalue weighted by atomic mass is 9.87. The molecule has 0 saturated carbocycles. The molecule has 1 aromatic rings. The largest absolute Gasteiger partial charge is 0.261 e. The van der Waals surface area contributed by atoms with E-state index in [1.54, 1.807) is 0 Å². The van der Waals surface area contributed by atoms with Crippen molar-refractivity contribution in [2.75, 3.05) is 7.05 Å². The average Bonchev–Trinajstić information content (AvgIpc) is 2.30. The van der Waals surface area contributed by atoms with Crippen LogP contribution in [0.1, 0.15) is 19.4 Å². The second kappa shape index (κ2) is 2.58. The summed E-state index contributed by atoms with van der Waals surface area (Å²) < 4.78 is 2.05. The fraction of sp³-hybridized carbons (Fsp3) is 0.364. The third-order valence-corrected chi connectivity index (χ3v) is 3.47. The lowest BCUT2D eigenvalue weighted by molar-refractivity contribution is -0.399. The Morgan fingerprint density at radius 1 is 1.23 bits per heavy atom. The molecule has 0 fully saturated rings. The lowest BCUT2D eigenvalue weighted by Crippen LogP contribution is -2.23. The normalized spacial score (nSPS) is 19.1. The molecular weight excluding hydrogens is 182 g/mol. The Bertz CT molecular complexity index is 391. The molecule has 0 spiro atoms. The van der Waals surface area contributed by atoms with Gasteiger partial charge in [-0.1, -0.05) is 18.2 Å². The SMILES string of the molecule is C[N+]1=C(Cl)C(C)(C)c2ccccc21. The third kappa shape index (κ3) is 1.03. The minimum absolute atomic E-state index is 0.0348. The van der Waals surface area contributed by atoms with E-state index in [0.717, 1.165) is 5.17 Å². The lowest BCUT2D eigenvalue weighted by Gasteiger charge is -2.12. The van der Waals surface area contributed by atoms with E-state index in [1.807, 2.05) is 13.1 Å². The van der Waals surface area contributed by atoms with Crippen LogP contribution in [0.3, 0.4) is 0 Å². The summed E-state index contributed by atoms with van der Waals surface area (Å²) >= 11 is 6.26. The standard InChI is InChI=1S/C11H13ClN/c1-11(2)8-6-4-5-7-9(8)13(3)10(11)12/h4-7H,1-3H3/q+1. The Kier molecular flexibility index (Phi) is 1.74. The second-order valence-electron chi connectivity index (χ2n) is 3.99. The summed E-state index contributed by atoms with van der Waals surface area (Å²) in [6, 6.07) is 8.35. The van der Waals surface area contributed by atoms with Gasteiger partial charge in [0.05, 0.1) is 5.41 Å². The van der Waals surface area contributed by atoms with Gasteiger partial charge in [0.1, 0.15) is 7.05 Å². The van der Waals surface area contributed by atoms with Gasteiger partial charge in [-0.3, -0.25) is 0 Å². The molecule has 0 saturated heterocycles. The Morgan fingerprint density at radius 3 is 2.46 bits per heavy atom. The second-order valence-corrected chi connectivity index (χ2v) is 4.35. The zero-order valence-corrected chi connectivity index (χ0v) is 8.89. The smallest absolute Gasteiger partial charge is 0.188 e. The van der Waals surface area contributed by atoms with E-state index in [-0.39, 0.29) is 5.41 Å². The molecule has 2 rings (SSSR count). The van der Waals surface area contributed by atoms with E-state index in [2.05, 4.69) is 36.6 Å². The summed E-state index contributed by atoms with van der Waals surface area (Å²) in [6.07, 6.45) is 0. The van der Waals surface area contributed by atoms with Crippen LogP contribution in [-0.2, 0) is 5.41 Å². The molecule has 0 amide bonds. The molecule has 0 bridgehead atoms. The Morgan fingerprint density at radius 2 is 1.85 bits per heavy atom. The predicted octanol–water partition coefficient (Wildman–Crippen LogP) is 2.89. The first-order chi connectivity index (χ1) is 6.05. The summed E-state index contributed by atoms with van der Waals surface area (Å²) in [4.78, 5) is 0. The van der Waals surface area contributed by atoms with Gasteiger partial charge in [-0.05, 0) is 25.4 Å². The molecule has 0 unspecified atom stereocenters. The van der Waals surface area contributed by atoms with Crippen LogP contribution in [0, 0.1) is 0 Å². The Labute approximate surface area is 83.7 Å². The zero-order chi connectivity index (χ0) is 9.64. The molecule has 0 aliphatic carbocycles. The first-order valence-corrected chi connectivity index (χ1v) is 4.79. The molecule has 1 aliphatic heterocycles. The highest BCUT2D eigenvalue weighted by atomic mass is 35.5. The van der Waals surface area contributed by atoms with Crippen LogP contribution in [-0.4, -0.2) is 16.8 Å². The van der Waals surface area contributed by atoms with Crippen molar-refractivity contribution in [2.24, 2.45) is 0 Å². The van der Waals surface area contributed by atoms with Crippen LogP contribution < -0.4 is 0 Å². The number of hydrogen-bond acceptors (Lipinski definition) is 0. The van der Waals surface area contributed by atoms with Gasteiger partial charge >= 0.3 is 0 Å². The first-order valence-electron chi connectivity index (χ1n) is 4.41. The minimum atomic E-state index is -0.0348. The number of rotatable bonds is 0. The van der Waals surface area contributed by atoms with Crippen molar-refractivity contribution in [1.29, 1.82) is 0 Å². The molecule has 1 aliphatic rings. The van der Waals surface area contributed by atoms with Crippen LogP contribution in [0.15, 0.2) is 24.3 Å². The van der Waals surface area contributed by atoms with E-state index >= 15 is 0 Å². The molecule has 0 atom stereocenters. The van der Waals surface area contributed by atoms with Crippen molar-refractivity contribution in [3.8, 4) is 0 Å². The van der Waals surface area contributed by atoms with Gasteiger partial charge < -0.3 is 0 Å². The molecule has 13 heavy (non-hydrogen) atoms. The number of halogens is 1. The molecule has 2 heteroatoms. The maximum absolute atomic E-state index is 6.26. The van der Waals surface area contributed by atoms with E-state index in [1.165, 1.54) is 11.3 Å². The molecule has 0 N–H and O–H groups in total. The maximum Gasteiger partial charge on any atom is 0.261 e. The highest BCUT2D eigenvalue weighted by Crippen LogP contribution is 2.39. The van der Waals surface area contributed by atoms with Crippen LogP contribution in [0.5, 0.6) is 0 Å². The van der Waals surface area contributed by atoms with Crippen LogP contribution in [0.4, 0.5) is 5.69 Å². The molecule has 1 heterocycles. The molecule has 0 radical (unpaired) electrons. The van der Waals surface area contributed by atoms with Crippen molar-refractivity contribution in [3.63, 3.8) is 0 Å². The van der Waals surface area contributed by atoms with E-state index < -0.39 is 0 Å². The summed E-state index contributed by atoms with van der Waals surface area (Å²) in [5.74, 6) is 0. The van der Waals surface area contributed by atoms with Gasteiger partial charge in [-0.15, -0.1) is 0 Å². The Hall–Kier alpha value is -0.820. The first kappa shape index (κ1) is 8.76. The van der Waals surface area contributed by atoms with E-state index in [0.29, 0.717) is 0 Å². The minimum Gasteiger partial charge on any atom is -0.188 e. The predicted molar refractivity (Wildman–Crippen MR) is 56.2 cm³/mol. The molecule has 0 aromatic heterocycles. The summed E-state index contributed by atoms with van der Waals surface area (Å²) in [6.45, 7) is 4.30. The van der Waals surface area contributed by atoms with Gasteiger partial charge in [0.2, 0.25) is 5.69 Å². The maximum atomic E-state index is 6.26. The van der Waals surface area contributed by atoms with Gasteiger partial charge in [-0.25, -0.2) is 0 Å². The highest BCUT2D eigenvalue weighted by Gasteiger charge is 2.42. The van der Waals surface area contributed by atoms with Gasteiger partial charge in [0.15, 0.2) is 0 Å². The highest BCUT2D eigenvalue weighted by molar-refractivity contribution is 6.66. The van der Waals surface area contributed by atoms with Gasteiger partial charge in [0, 0.05) is 11.6 Å². The molecular formula is C11H13ClN+. The fourth-order valence-electron chi connectivity index (χ4n) is 1.93. The third-order valence-electron chi connectivity index (χ3n) is 2.75. The van der Waals surface area contributed by atoms with Crippen LogP contribution in [0.25, 0.3) is 0 Å². The zero-order valence-electron chi connectivity index (χ0n) is 8.13. The van der Waals surface area contributed by atoms with Gasteiger partial charge in [0.25, 0.3) is 5.17 Å². The quantitative estimate of drug-likeness (QED) is 0.559. The fourth-order valence-corrected chi connectivity index (χ4v) is 2.12. The van der Waals surface area contributed by atoms with Crippen molar-refractivity contribution in [1.82, 2.24) is 0 Å². The molecule has 1 nitrogen and oxygen atoms in total. The monoisotopic (exact) mass is 194 g/mol. The van der Waals surface area contributed by atoms with Gasteiger partial charge in [-0.2, -0.15) is 4.58 Å². The van der Waals surface area contributed by atoms with Crippen molar-refractivity contribution in [3.05, 3.63) is 29.8 Å². The van der Waals surface area contributed by atoms with Crippen molar-refractivity contribution in [2.45, 2.75) is 19.3 Å². The van der Waals surface area contributed by atoms with Crippen molar-refractivity contribution < 1.29 is 4.58 Å². The van der Waals surface area contributed by atoms with Crippen molar-refractivity contribution >= 4 is 22.5 Å². The van der Waals surface area contributed by atoms with E-state index in [9.17, 15) is 0 Å². The number of benzene rings is 1. The number of fused-ring (bicyclic) bond motifs is 1. The van der Waals surface area contributed by atoms with Crippen LogP contribution in [0.2, 0.25) is 0 Å². The van der Waals surface area contributed by atoms with Crippen LogP contribution >= 0.6 is 11.6 Å². The molecule has 68 valence electrons. The average molecular weight is 195 g/mol. The number of para-hydroxylation sites is 1.